The van der Waals surface area contributed by atoms with Gasteiger partial charge in [-0.1, -0.05) is 13.8 Å². The van der Waals surface area contributed by atoms with Crippen LogP contribution in [0.3, 0.4) is 0 Å². The Hall–Kier alpha value is -1.43. The Morgan fingerprint density at radius 2 is 2.17 bits per heavy atom. The fraction of sp³-hybridized carbons (Fsp3) is 0.750. The third kappa shape index (κ3) is 3.07. The fourth-order valence-electron chi connectivity index (χ4n) is 2.20. The average Bonchev–Trinajstić information content (AvgIpc) is 2.88. The van der Waals surface area contributed by atoms with Crippen molar-refractivity contribution in [1.82, 2.24) is 25.4 Å². The normalized spacial score (nSPS) is 17.9. The predicted molar refractivity (Wildman–Crippen MR) is 68.4 cm³/mol. The van der Waals surface area contributed by atoms with Crippen molar-refractivity contribution in [3.05, 3.63) is 11.6 Å². The molecule has 1 amide bonds. The van der Waals surface area contributed by atoms with E-state index >= 15 is 0 Å². The van der Waals surface area contributed by atoms with E-state index in [1.807, 2.05) is 6.92 Å². The first-order valence-corrected chi connectivity index (χ1v) is 6.67. The highest BCUT2D eigenvalue weighted by molar-refractivity contribution is 5.90. The Morgan fingerprint density at radius 1 is 1.44 bits per heavy atom. The number of nitrogens with one attached hydrogen (secondary N) is 2. The molecule has 1 aliphatic heterocycles. The number of aromatic amines is 1. The summed E-state index contributed by atoms with van der Waals surface area (Å²) in [6.07, 6.45) is 2.77. The zero-order valence-corrected chi connectivity index (χ0v) is 11.1. The molecule has 1 aromatic rings. The SMILES string of the molecule is CCc1nc(C(=O)NC2CCN(CC)CC2)n[nH]1. The summed E-state index contributed by atoms with van der Waals surface area (Å²) in [5.41, 5.74) is 0. The van der Waals surface area contributed by atoms with E-state index in [0.717, 1.165) is 44.7 Å². The molecule has 0 unspecified atom stereocenters. The van der Waals surface area contributed by atoms with Crippen molar-refractivity contribution in [1.29, 1.82) is 0 Å². The van der Waals surface area contributed by atoms with Crippen molar-refractivity contribution in [3.63, 3.8) is 0 Å². The molecule has 1 aliphatic rings. The summed E-state index contributed by atoms with van der Waals surface area (Å²) < 4.78 is 0. The molecule has 100 valence electrons. The van der Waals surface area contributed by atoms with Crippen molar-refractivity contribution in [2.45, 2.75) is 39.2 Å². The van der Waals surface area contributed by atoms with Crippen molar-refractivity contribution in [2.24, 2.45) is 0 Å². The quantitative estimate of drug-likeness (QED) is 0.821. The Kier molecular flexibility index (Phi) is 4.30. The molecule has 2 rings (SSSR count). The van der Waals surface area contributed by atoms with E-state index in [9.17, 15) is 4.79 Å². The first-order valence-electron chi connectivity index (χ1n) is 6.67. The molecule has 0 radical (unpaired) electrons. The van der Waals surface area contributed by atoms with Crippen molar-refractivity contribution in [2.75, 3.05) is 19.6 Å². The summed E-state index contributed by atoms with van der Waals surface area (Å²) in [5.74, 6) is 0.839. The number of piperidine rings is 1. The molecule has 1 aromatic heterocycles. The molecular formula is C12H21N5O. The predicted octanol–water partition coefficient (Wildman–Crippen LogP) is 0.581. The fourth-order valence-corrected chi connectivity index (χ4v) is 2.20. The average molecular weight is 251 g/mol. The summed E-state index contributed by atoms with van der Waals surface area (Å²) in [6.45, 7) is 7.33. The van der Waals surface area contributed by atoms with Crippen molar-refractivity contribution >= 4 is 5.91 Å². The molecule has 0 bridgehead atoms. The molecule has 18 heavy (non-hydrogen) atoms. The maximum Gasteiger partial charge on any atom is 0.291 e. The van der Waals surface area contributed by atoms with Gasteiger partial charge in [0.2, 0.25) is 5.82 Å². The van der Waals surface area contributed by atoms with Crippen molar-refractivity contribution in [3.8, 4) is 0 Å². The smallest absolute Gasteiger partial charge is 0.291 e. The molecule has 2 N–H and O–H groups in total. The van der Waals surface area contributed by atoms with Crippen LogP contribution in [0.4, 0.5) is 0 Å². The van der Waals surface area contributed by atoms with E-state index in [1.165, 1.54) is 0 Å². The van der Waals surface area contributed by atoms with Crippen LogP contribution < -0.4 is 5.32 Å². The molecule has 6 nitrogen and oxygen atoms in total. The molecule has 1 saturated heterocycles. The Balaban J connectivity index is 1.84. The van der Waals surface area contributed by atoms with Gasteiger partial charge in [0.1, 0.15) is 5.82 Å². The second-order valence-electron chi connectivity index (χ2n) is 4.64. The van der Waals surface area contributed by atoms with Crippen LogP contribution >= 0.6 is 0 Å². The van der Waals surface area contributed by atoms with E-state index in [4.69, 9.17) is 0 Å². The number of carbonyl (C=O) groups excluding carboxylic acids is 1. The van der Waals surface area contributed by atoms with Gasteiger partial charge < -0.3 is 10.2 Å². The zero-order chi connectivity index (χ0) is 13.0. The second-order valence-corrected chi connectivity index (χ2v) is 4.64. The molecule has 6 heteroatoms. The zero-order valence-electron chi connectivity index (χ0n) is 11.1. The summed E-state index contributed by atoms with van der Waals surface area (Å²) >= 11 is 0. The van der Waals surface area contributed by atoms with Crippen LogP contribution in [0.2, 0.25) is 0 Å². The molecule has 0 spiro atoms. The highest BCUT2D eigenvalue weighted by atomic mass is 16.2. The number of carbonyl (C=O) groups is 1. The summed E-state index contributed by atoms with van der Waals surface area (Å²) in [6, 6.07) is 0.254. The van der Waals surface area contributed by atoms with Gasteiger partial charge in [-0.15, -0.1) is 5.10 Å². The number of hydrogen-bond acceptors (Lipinski definition) is 4. The topological polar surface area (TPSA) is 73.9 Å². The minimum atomic E-state index is -0.166. The van der Waals surface area contributed by atoms with Crippen LogP contribution in [0.25, 0.3) is 0 Å². The highest BCUT2D eigenvalue weighted by Crippen LogP contribution is 2.10. The first-order chi connectivity index (χ1) is 8.72. The van der Waals surface area contributed by atoms with Crippen LogP contribution in [0, 0.1) is 0 Å². The summed E-state index contributed by atoms with van der Waals surface area (Å²) in [5, 5.41) is 9.69. The van der Waals surface area contributed by atoms with Gasteiger partial charge in [0.15, 0.2) is 0 Å². The largest absolute Gasteiger partial charge is 0.346 e. The standard InChI is InChI=1S/C12H21N5O/c1-3-10-14-11(16-15-10)12(18)13-9-5-7-17(4-2)8-6-9/h9H,3-8H2,1-2H3,(H,13,18)(H,14,15,16). The van der Waals surface area contributed by atoms with Gasteiger partial charge in [-0.05, 0) is 19.4 Å². The van der Waals surface area contributed by atoms with Crippen LogP contribution in [-0.2, 0) is 6.42 Å². The number of amides is 1. The molecule has 0 saturated carbocycles. The Morgan fingerprint density at radius 3 is 2.72 bits per heavy atom. The molecule has 2 heterocycles. The minimum absolute atomic E-state index is 0.166. The van der Waals surface area contributed by atoms with Gasteiger partial charge in [-0.2, -0.15) is 0 Å². The number of likely N-dealkylation sites (tertiary alicyclic amines) is 1. The van der Waals surface area contributed by atoms with Gasteiger partial charge in [0.05, 0.1) is 0 Å². The molecular weight excluding hydrogens is 230 g/mol. The lowest BCUT2D eigenvalue weighted by Crippen LogP contribution is -2.44. The second kappa shape index (κ2) is 5.95. The van der Waals surface area contributed by atoms with E-state index in [-0.39, 0.29) is 17.8 Å². The highest BCUT2D eigenvalue weighted by Gasteiger charge is 2.21. The molecule has 0 aliphatic carbocycles. The van der Waals surface area contributed by atoms with Gasteiger partial charge >= 0.3 is 0 Å². The Labute approximate surface area is 107 Å². The monoisotopic (exact) mass is 251 g/mol. The lowest BCUT2D eigenvalue weighted by molar-refractivity contribution is 0.0902. The summed E-state index contributed by atoms with van der Waals surface area (Å²) in [4.78, 5) is 18.5. The third-order valence-corrected chi connectivity index (χ3v) is 3.44. The van der Waals surface area contributed by atoms with Crippen LogP contribution in [-0.4, -0.2) is 51.7 Å². The molecule has 1 fully saturated rings. The number of hydrogen-bond donors (Lipinski definition) is 2. The number of rotatable bonds is 4. The van der Waals surface area contributed by atoms with Crippen LogP contribution in [0.15, 0.2) is 0 Å². The van der Waals surface area contributed by atoms with E-state index in [1.54, 1.807) is 0 Å². The lowest BCUT2D eigenvalue weighted by Gasteiger charge is -2.31. The maximum absolute atomic E-state index is 11.9. The van der Waals surface area contributed by atoms with Gasteiger partial charge in [-0.3, -0.25) is 9.89 Å². The third-order valence-electron chi connectivity index (χ3n) is 3.44. The lowest BCUT2D eigenvalue weighted by atomic mass is 10.1. The number of H-pyrrole nitrogens is 1. The number of nitrogens with zero attached hydrogens (tertiary/aromatic N) is 3. The summed E-state index contributed by atoms with van der Waals surface area (Å²) in [7, 11) is 0. The molecule has 0 aromatic carbocycles. The van der Waals surface area contributed by atoms with E-state index in [2.05, 4.69) is 32.3 Å². The number of aromatic nitrogens is 3. The van der Waals surface area contributed by atoms with Crippen LogP contribution in [0.1, 0.15) is 43.1 Å². The maximum atomic E-state index is 11.9. The van der Waals surface area contributed by atoms with Crippen molar-refractivity contribution < 1.29 is 4.79 Å². The number of aryl methyl sites for hydroxylation is 1. The van der Waals surface area contributed by atoms with Crippen LogP contribution in [0.5, 0.6) is 0 Å². The van der Waals surface area contributed by atoms with Gasteiger partial charge in [-0.25, -0.2) is 4.98 Å². The first kappa shape index (κ1) is 13.0. The molecule has 0 atom stereocenters. The minimum Gasteiger partial charge on any atom is -0.346 e. The van der Waals surface area contributed by atoms with E-state index in [0.29, 0.717) is 0 Å². The van der Waals surface area contributed by atoms with Gasteiger partial charge in [0, 0.05) is 25.6 Å². The Bertz CT molecular complexity index is 395. The van der Waals surface area contributed by atoms with Gasteiger partial charge in [0.25, 0.3) is 5.91 Å². The van der Waals surface area contributed by atoms with E-state index < -0.39 is 0 Å².